The molecule has 1 aromatic heterocycles. The lowest BCUT2D eigenvalue weighted by Gasteiger charge is -2.32. The Morgan fingerprint density at radius 1 is 1.10 bits per heavy atom. The summed E-state index contributed by atoms with van der Waals surface area (Å²) in [5, 5.41) is 5.52. The summed E-state index contributed by atoms with van der Waals surface area (Å²) in [5.41, 5.74) is 2.81. The van der Waals surface area contributed by atoms with Crippen molar-refractivity contribution in [3.8, 4) is 5.75 Å². The van der Waals surface area contributed by atoms with Crippen molar-refractivity contribution in [1.29, 1.82) is 0 Å². The number of piperidine rings is 1. The van der Waals surface area contributed by atoms with Crippen LogP contribution in [0.25, 0.3) is 0 Å². The number of nitrogens with zero attached hydrogens (tertiary/aromatic N) is 2. The molecule has 0 aliphatic carbocycles. The van der Waals surface area contributed by atoms with Gasteiger partial charge >= 0.3 is 0 Å². The fourth-order valence-corrected chi connectivity index (χ4v) is 3.55. The minimum Gasteiger partial charge on any atom is -0.489 e. The van der Waals surface area contributed by atoms with Crippen molar-refractivity contribution in [2.24, 2.45) is 0 Å². The molecule has 160 valence electrons. The molecule has 0 spiro atoms. The predicted molar refractivity (Wildman–Crippen MR) is 115 cm³/mol. The summed E-state index contributed by atoms with van der Waals surface area (Å²) >= 11 is 0. The fraction of sp³-hybridized carbons (Fsp3) is 0.435. The molecule has 2 N–H and O–H groups in total. The second kappa shape index (κ2) is 10.7. The zero-order chi connectivity index (χ0) is 21.3. The summed E-state index contributed by atoms with van der Waals surface area (Å²) in [5.74, 6) is 0.318. The normalized spacial score (nSPS) is 14.9. The summed E-state index contributed by atoms with van der Waals surface area (Å²) in [6, 6.07) is 9.78. The van der Waals surface area contributed by atoms with Crippen LogP contribution < -0.4 is 15.4 Å². The number of carbonyl (C=O) groups excluding carboxylic acids is 2. The molecule has 30 heavy (non-hydrogen) atoms. The van der Waals surface area contributed by atoms with Crippen LogP contribution >= 0.6 is 0 Å². The average Bonchev–Trinajstić information content (AvgIpc) is 2.74. The van der Waals surface area contributed by atoms with Gasteiger partial charge in [0.05, 0.1) is 5.56 Å². The molecule has 1 fully saturated rings. The van der Waals surface area contributed by atoms with Crippen LogP contribution in [0.2, 0.25) is 0 Å². The van der Waals surface area contributed by atoms with E-state index in [2.05, 4.69) is 20.5 Å². The van der Waals surface area contributed by atoms with E-state index in [1.165, 1.54) is 12.5 Å². The smallest absolute Gasteiger partial charge is 0.255 e. The minimum absolute atomic E-state index is 0.0901. The van der Waals surface area contributed by atoms with Crippen LogP contribution in [0.5, 0.6) is 5.75 Å². The molecule has 1 saturated heterocycles. The van der Waals surface area contributed by atoms with E-state index in [1.54, 1.807) is 0 Å². The Kier molecular flexibility index (Phi) is 7.79. The predicted octanol–water partition coefficient (Wildman–Crippen LogP) is 2.30. The van der Waals surface area contributed by atoms with E-state index >= 15 is 0 Å². The van der Waals surface area contributed by atoms with Crippen LogP contribution in [0.15, 0.2) is 42.7 Å². The topological polar surface area (TPSA) is 83.6 Å². The van der Waals surface area contributed by atoms with Gasteiger partial charge in [-0.2, -0.15) is 0 Å². The third-order valence-corrected chi connectivity index (χ3v) is 5.15. The number of benzene rings is 1. The summed E-state index contributed by atoms with van der Waals surface area (Å²) in [6.07, 6.45) is 5.58. The number of nitrogens with one attached hydrogen (secondary N) is 2. The number of ether oxygens (including phenoxy) is 1. The van der Waals surface area contributed by atoms with Gasteiger partial charge in [0.1, 0.15) is 11.9 Å². The van der Waals surface area contributed by atoms with Gasteiger partial charge < -0.3 is 15.4 Å². The first-order valence-electron chi connectivity index (χ1n) is 10.4. The van der Waals surface area contributed by atoms with Gasteiger partial charge in [-0.05, 0) is 49.6 Å². The highest BCUT2D eigenvalue weighted by molar-refractivity contribution is 5.97. The molecule has 0 radical (unpaired) electrons. The van der Waals surface area contributed by atoms with Crippen LogP contribution in [-0.4, -0.2) is 54.0 Å². The maximum Gasteiger partial charge on any atom is 0.255 e. The van der Waals surface area contributed by atoms with E-state index in [1.807, 2.05) is 49.6 Å². The minimum atomic E-state index is -0.186. The molecule has 3 rings (SSSR count). The average molecular weight is 411 g/mol. The van der Waals surface area contributed by atoms with Gasteiger partial charge in [-0.1, -0.05) is 11.6 Å². The highest BCUT2D eigenvalue weighted by Crippen LogP contribution is 2.25. The van der Waals surface area contributed by atoms with Gasteiger partial charge in [-0.3, -0.25) is 19.5 Å². The third-order valence-electron chi connectivity index (χ3n) is 5.15. The number of aryl methyl sites for hydroxylation is 1. The first-order valence-corrected chi connectivity index (χ1v) is 10.4. The lowest BCUT2D eigenvalue weighted by molar-refractivity contribution is -0.118. The SMILES string of the molecule is CC(=O)NCCNC(=O)c1cc(C)ccc1OC1CCN(Cc2ccncc2)CC1. The molecule has 7 heteroatoms. The van der Waals surface area contributed by atoms with Crippen molar-refractivity contribution in [1.82, 2.24) is 20.5 Å². The van der Waals surface area contributed by atoms with Crippen molar-refractivity contribution in [2.45, 2.75) is 39.3 Å². The van der Waals surface area contributed by atoms with Crippen molar-refractivity contribution in [3.05, 3.63) is 59.4 Å². The molecule has 2 amide bonds. The summed E-state index contributed by atoms with van der Waals surface area (Å²) in [4.78, 5) is 30.1. The van der Waals surface area contributed by atoms with E-state index in [-0.39, 0.29) is 17.9 Å². The van der Waals surface area contributed by atoms with Crippen molar-refractivity contribution < 1.29 is 14.3 Å². The van der Waals surface area contributed by atoms with E-state index < -0.39 is 0 Å². The number of amides is 2. The zero-order valence-electron chi connectivity index (χ0n) is 17.7. The van der Waals surface area contributed by atoms with E-state index in [4.69, 9.17) is 4.74 Å². The third kappa shape index (κ3) is 6.56. The van der Waals surface area contributed by atoms with Crippen molar-refractivity contribution >= 4 is 11.8 Å². The first-order chi connectivity index (χ1) is 14.5. The second-order valence-corrected chi connectivity index (χ2v) is 7.69. The summed E-state index contributed by atoms with van der Waals surface area (Å²) in [6.45, 7) is 7.01. The molecule has 1 aliphatic rings. The van der Waals surface area contributed by atoms with E-state index in [0.717, 1.165) is 38.0 Å². The van der Waals surface area contributed by atoms with Gasteiger partial charge in [-0.15, -0.1) is 0 Å². The molecule has 7 nitrogen and oxygen atoms in total. The number of rotatable bonds is 8. The summed E-state index contributed by atoms with van der Waals surface area (Å²) in [7, 11) is 0. The van der Waals surface area contributed by atoms with Gasteiger partial charge in [0, 0.05) is 52.0 Å². The Bertz CT molecular complexity index is 849. The summed E-state index contributed by atoms with van der Waals surface area (Å²) < 4.78 is 6.24. The number of carbonyl (C=O) groups is 2. The highest BCUT2D eigenvalue weighted by atomic mass is 16.5. The van der Waals surface area contributed by atoms with Gasteiger partial charge in [-0.25, -0.2) is 0 Å². The first kappa shape index (κ1) is 21.8. The van der Waals surface area contributed by atoms with Gasteiger partial charge in [0.25, 0.3) is 5.91 Å². The maximum atomic E-state index is 12.6. The van der Waals surface area contributed by atoms with Gasteiger partial charge in [0.15, 0.2) is 0 Å². The molecule has 0 unspecified atom stereocenters. The Morgan fingerprint density at radius 2 is 1.80 bits per heavy atom. The molecular formula is C23H30N4O3. The van der Waals surface area contributed by atoms with E-state index in [9.17, 15) is 9.59 Å². The van der Waals surface area contributed by atoms with Gasteiger partial charge in [0.2, 0.25) is 5.91 Å². The number of hydrogen-bond acceptors (Lipinski definition) is 5. The lowest BCUT2D eigenvalue weighted by Crippen LogP contribution is -2.38. The monoisotopic (exact) mass is 410 g/mol. The van der Waals surface area contributed by atoms with Crippen LogP contribution in [0.4, 0.5) is 0 Å². The zero-order valence-corrected chi connectivity index (χ0v) is 17.7. The Balaban J connectivity index is 1.54. The second-order valence-electron chi connectivity index (χ2n) is 7.69. The Hall–Kier alpha value is -2.93. The molecule has 1 aromatic carbocycles. The molecule has 2 aromatic rings. The number of hydrogen-bond donors (Lipinski definition) is 2. The van der Waals surface area contributed by atoms with Crippen molar-refractivity contribution in [3.63, 3.8) is 0 Å². The van der Waals surface area contributed by atoms with Crippen LogP contribution in [0.3, 0.4) is 0 Å². The highest BCUT2D eigenvalue weighted by Gasteiger charge is 2.22. The largest absolute Gasteiger partial charge is 0.489 e. The molecular weight excluding hydrogens is 380 g/mol. The maximum absolute atomic E-state index is 12.6. The molecule has 2 heterocycles. The molecule has 1 aliphatic heterocycles. The molecule has 0 atom stereocenters. The number of likely N-dealkylation sites (tertiary alicyclic amines) is 1. The fourth-order valence-electron chi connectivity index (χ4n) is 3.55. The van der Waals surface area contributed by atoms with Crippen LogP contribution in [-0.2, 0) is 11.3 Å². The molecule has 0 saturated carbocycles. The Labute approximate surface area is 177 Å². The van der Waals surface area contributed by atoms with Crippen LogP contribution in [0.1, 0.15) is 41.3 Å². The number of aromatic nitrogens is 1. The number of pyridine rings is 1. The standard InChI is InChI=1S/C23H30N4O3/c1-17-3-4-22(21(15-17)23(29)26-12-11-25-18(2)28)30-20-7-13-27(14-8-20)16-19-5-9-24-10-6-19/h3-6,9-10,15,20H,7-8,11-14,16H2,1-2H3,(H,25,28)(H,26,29). The van der Waals surface area contributed by atoms with Crippen LogP contribution in [0, 0.1) is 6.92 Å². The molecule has 0 bridgehead atoms. The lowest BCUT2D eigenvalue weighted by atomic mass is 10.1. The van der Waals surface area contributed by atoms with Crippen molar-refractivity contribution in [2.75, 3.05) is 26.2 Å². The quantitative estimate of drug-likeness (QED) is 0.653. The Morgan fingerprint density at radius 3 is 2.50 bits per heavy atom. The van der Waals surface area contributed by atoms with E-state index in [0.29, 0.717) is 24.4 Å².